The minimum absolute atomic E-state index is 0.106. The van der Waals surface area contributed by atoms with Crippen LogP contribution < -0.4 is 10.2 Å². The highest BCUT2D eigenvalue weighted by Gasteiger charge is 2.46. The molecule has 1 amide bonds. The van der Waals surface area contributed by atoms with Crippen molar-refractivity contribution in [2.75, 3.05) is 24.5 Å². The number of halogens is 2. The summed E-state index contributed by atoms with van der Waals surface area (Å²) in [6, 6.07) is 8.18. The van der Waals surface area contributed by atoms with Crippen molar-refractivity contribution in [1.82, 2.24) is 20.2 Å². The number of alkyl halides is 1. The van der Waals surface area contributed by atoms with Gasteiger partial charge in [0.2, 0.25) is 5.91 Å². The van der Waals surface area contributed by atoms with Crippen molar-refractivity contribution in [3.8, 4) is 0 Å². The summed E-state index contributed by atoms with van der Waals surface area (Å²) in [6.07, 6.45) is 2.91. The molecule has 0 spiro atoms. The van der Waals surface area contributed by atoms with Gasteiger partial charge in [-0.1, -0.05) is 44.5 Å². The van der Waals surface area contributed by atoms with Crippen molar-refractivity contribution in [2.24, 2.45) is 0 Å². The van der Waals surface area contributed by atoms with E-state index in [1.54, 1.807) is 0 Å². The van der Waals surface area contributed by atoms with Crippen molar-refractivity contribution < 1.29 is 9.18 Å². The zero-order valence-electron chi connectivity index (χ0n) is 20.0. The van der Waals surface area contributed by atoms with Crippen LogP contribution in [0.25, 0.3) is 0 Å². The average molecular weight is 486 g/mol. The maximum absolute atomic E-state index is 14.5. The number of aromatic nitrogens is 2. The minimum atomic E-state index is -1.01. The number of benzene rings is 1. The molecule has 1 aromatic carbocycles. The maximum Gasteiger partial charge on any atom is 0.232 e. The molecule has 2 fully saturated rings. The number of hydrogen-bond donors (Lipinski definition) is 1. The first-order valence-corrected chi connectivity index (χ1v) is 12.8. The molecule has 5 atom stereocenters. The molecule has 3 heterocycles. The number of fused-ring (bicyclic) bond motifs is 3. The number of nitrogens with zero attached hydrogens (tertiary/aromatic N) is 4. The number of anilines is 1. The van der Waals surface area contributed by atoms with Crippen LogP contribution in [-0.2, 0) is 4.79 Å². The predicted molar refractivity (Wildman–Crippen MR) is 132 cm³/mol. The third-order valence-corrected chi connectivity index (χ3v) is 7.83. The summed E-state index contributed by atoms with van der Waals surface area (Å²) < 4.78 is 14.5. The Hall–Kier alpha value is -2.25. The van der Waals surface area contributed by atoms with E-state index in [0.717, 1.165) is 42.9 Å². The number of rotatable bonds is 6. The van der Waals surface area contributed by atoms with Crippen LogP contribution in [0.4, 0.5) is 10.2 Å². The van der Waals surface area contributed by atoms with Crippen LogP contribution in [0, 0.1) is 0 Å². The summed E-state index contributed by atoms with van der Waals surface area (Å²) in [5.74, 6) is 0.880. The Morgan fingerprint density at radius 2 is 1.85 bits per heavy atom. The third-order valence-electron chi connectivity index (χ3n) is 7.58. The van der Waals surface area contributed by atoms with Gasteiger partial charge in [-0.15, -0.1) is 0 Å². The lowest BCUT2D eigenvalue weighted by atomic mass is 9.95. The summed E-state index contributed by atoms with van der Waals surface area (Å²) in [5.41, 5.74) is 2.49. The lowest BCUT2D eigenvalue weighted by molar-refractivity contribution is -0.136. The molecule has 3 aliphatic rings. The highest BCUT2D eigenvalue weighted by molar-refractivity contribution is 6.30. The normalized spacial score (nSPS) is 26.8. The van der Waals surface area contributed by atoms with E-state index in [0.29, 0.717) is 23.7 Å². The molecule has 5 rings (SSSR count). The second-order valence-electron chi connectivity index (χ2n) is 10.3. The molecule has 182 valence electrons. The van der Waals surface area contributed by atoms with Crippen LogP contribution in [0.3, 0.4) is 0 Å². The maximum atomic E-state index is 14.5. The summed E-state index contributed by atoms with van der Waals surface area (Å²) in [7, 11) is 0. The van der Waals surface area contributed by atoms with Crippen molar-refractivity contribution in [3.63, 3.8) is 0 Å². The van der Waals surface area contributed by atoms with Crippen LogP contribution in [0.5, 0.6) is 0 Å². The molecule has 1 unspecified atom stereocenters. The van der Waals surface area contributed by atoms with Gasteiger partial charge in [0.25, 0.3) is 0 Å². The molecule has 0 radical (unpaired) electrons. The number of carbonyl (C=O) groups excluding carboxylic acids is 1. The summed E-state index contributed by atoms with van der Waals surface area (Å²) in [5, 5.41) is 4.13. The first-order chi connectivity index (χ1) is 16.3. The molecule has 0 saturated carbocycles. The van der Waals surface area contributed by atoms with E-state index < -0.39 is 6.17 Å². The van der Waals surface area contributed by atoms with Gasteiger partial charge in [-0.25, -0.2) is 14.4 Å². The highest BCUT2D eigenvalue weighted by Crippen LogP contribution is 2.46. The second kappa shape index (κ2) is 9.42. The van der Waals surface area contributed by atoms with Gasteiger partial charge in [-0.2, -0.15) is 0 Å². The van der Waals surface area contributed by atoms with Crippen molar-refractivity contribution >= 4 is 23.3 Å². The van der Waals surface area contributed by atoms with E-state index in [1.807, 2.05) is 24.3 Å². The number of carbonyl (C=O) groups is 1. The van der Waals surface area contributed by atoms with Gasteiger partial charge in [0.1, 0.15) is 18.3 Å². The van der Waals surface area contributed by atoms with Crippen LogP contribution >= 0.6 is 11.6 Å². The Bertz CT molecular complexity index is 1030. The topological polar surface area (TPSA) is 61.4 Å². The second-order valence-corrected chi connectivity index (χ2v) is 10.7. The average Bonchev–Trinajstić information content (AvgIpc) is 3.25. The Labute approximate surface area is 205 Å². The Balaban J connectivity index is 1.38. The summed E-state index contributed by atoms with van der Waals surface area (Å²) in [6.45, 7) is 8.27. The molecule has 34 heavy (non-hydrogen) atoms. The van der Waals surface area contributed by atoms with Crippen LogP contribution in [0.1, 0.15) is 74.9 Å². The molecule has 8 heteroatoms. The summed E-state index contributed by atoms with van der Waals surface area (Å²) >= 11 is 6.11. The zero-order chi connectivity index (χ0) is 24.0. The molecule has 2 bridgehead atoms. The zero-order valence-corrected chi connectivity index (χ0v) is 20.8. The first-order valence-electron chi connectivity index (χ1n) is 12.4. The smallest absolute Gasteiger partial charge is 0.232 e. The van der Waals surface area contributed by atoms with E-state index in [2.05, 4.69) is 45.9 Å². The van der Waals surface area contributed by atoms with Crippen LogP contribution in [0.2, 0.25) is 5.02 Å². The lowest BCUT2D eigenvalue weighted by Crippen LogP contribution is -2.58. The molecule has 2 saturated heterocycles. The fourth-order valence-electron chi connectivity index (χ4n) is 5.93. The number of nitrogens with one attached hydrogen (secondary N) is 1. The Kier molecular flexibility index (Phi) is 6.51. The molecule has 1 N–H and O–H groups in total. The number of amides is 1. The molecular formula is C26H33ClFN5O. The molecule has 2 aromatic rings. The number of hydrogen-bond acceptors (Lipinski definition) is 5. The highest BCUT2D eigenvalue weighted by atomic mass is 35.5. The van der Waals surface area contributed by atoms with Gasteiger partial charge in [-0.05, 0) is 42.9 Å². The van der Waals surface area contributed by atoms with Crippen molar-refractivity contribution in [3.05, 3.63) is 52.4 Å². The third kappa shape index (κ3) is 4.29. The molecule has 1 aliphatic carbocycles. The van der Waals surface area contributed by atoms with Crippen LogP contribution in [0.15, 0.2) is 30.6 Å². The number of piperazine rings is 1. The van der Waals surface area contributed by atoms with Crippen molar-refractivity contribution in [2.45, 2.75) is 76.2 Å². The van der Waals surface area contributed by atoms with E-state index in [1.165, 1.54) is 6.33 Å². The van der Waals surface area contributed by atoms with E-state index in [4.69, 9.17) is 11.6 Å². The molecule has 6 nitrogen and oxygen atoms in total. The summed E-state index contributed by atoms with van der Waals surface area (Å²) in [4.78, 5) is 27.2. The fourth-order valence-corrected chi connectivity index (χ4v) is 6.05. The largest absolute Gasteiger partial charge is 0.352 e. The van der Waals surface area contributed by atoms with E-state index in [9.17, 15) is 9.18 Å². The van der Waals surface area contributed by atoms with Gasteiger partial charge in [0, 0.05) is 48.3 Å². The van der Waals surface area contributed by atoms with E-state index in [-0.39, 0.29) is 35.9 Å². The molecule has 2 aliphatic heterocycles. The SMILES string of the molecule is CC(C)NCC(C(=O)N1[C@@H]2CC[C@H]1CN(c1ncnc3c1[C@H](C)C[C@H]3F)C2)c1ccc(Cl)cc1. The Morgan fingerprint density at radius 3 is 2.50 bits per heavy atom. The molecular weight excluding hydrogens is 453 g/mol. The van der Waals surface area contributed by atoms with Gasteiger partial charge < -0.3 is 15.1 Å². The monoisotopic (exact) mass is 485 g/mol. The predicted octanol–water partition coefficient (Wildman–Crippen LogP) is 4.61. The first kappa shape index (κ1) is 23.5. The quantitative estimate of drug-likeness (QED) is 0.647. The van der Waals surface area contributed by atoms with Gasteiger partial charge in [0.15, 0.2) is 0 Å². The van der Waals surface area contributed by atoms with Gasteiger partial charge in [-0.3, -0.25) is 4.79 Å². The minimum Gasteiger partial charge on any atom is -0.352 e. The van der Waals surface area contributed by atoms with Crippen LogP contribution in [-0.4, -0.2) is 58.5 Å². The van der Waals surface area contributed by atoms with E-state index >= 15 is 0 Å². The van der Waals surface area contributed by atoms with Gasteiger partial charge >= 0.3 is 0 Å². The lowest BCUT2D eigenvalue weighted by Gasteiger charge is -2.43. The Morgan fingerprint density at radius 1 is 1.18 bits per heavy atom. The van der Waals surface area contributed by atoms with Gasteiger partial charge in [0.05, 0.1) is 11.6 Å². The molecule has 1 aromatic heterocycles. The fraction of sp³-hybridized carbons (Fsp3) is 0.577. The van der Waals surface area contributed by atoms with Crippen molar-refractivity contribution in [1.29, 1.82) is 0 Å². The standard InChI is InChI=1S/C26H33ClFN5O/c1-15(2)29-11-21(17-4-6-18(27)7-5-17)26(34)33-19-8-9-20(33)13-32(12-19)25-23-16(3)10-22(28)24(23)30-14-31-25/h4-7,14-16,19-22,29H,8-13H2,1-3H3/t16-,19-,20+,21?,22-/m1/s1.